The number of rotatable bonds is 6. The van der Waals surface area contributed by atoms with Gasteiger partial charge in [-0.3, -0.25) is 4.98 Å². The Kier molecular flexibility index (Phi) is 6.13. The number of thiazole rings is 1. The molecule has 0 aliphatic heterocycles. The lowest BCUT2D eigenvalue weighted by atomic mass is 10.1. The zero-order valence-corrected chi connectivity index (χ0v) is 19.6. The molecule has 10 heteroatoms. The number of aliphatic hydroxyl groups is 3. The summed E-state index contributed by atoms with van der Waals surface area (Å²) in [5.41, 5.74) is 4.16. The van der Waals surface area contributed by atoms with Gasteiger partial charge in [0.1, 0.15) is 16.9 Å². The summed E-state index contributed by atoms with van der Waals surface area (Å²) in [6, 6.07) is 11.2. The van der Waals surface area contributed by atoms with Gasteiger partial charge in [0.25, 0.3) is 0 Å². The average Bonchev–Trinajstić information content (AvgIpc) is 3.35. The average molecular weight is 479 g/mol. The van der Waals surface area contributed by atoms with Gasteiger partial charge in [-0.05, 0) is 44.5 Å². The highest BCUT2D eigenvalue weighted by Gasteiger charge is 2.41. The highest BCUT2D eigenvalue weighted by molar-refractivity contribution is 7.21. The molecule has 1 aliphatic rings. The predicted molar refractivity (Wildman–Crippen MR) is 132 cm³/mol. The Morgan fingerprint density at radius 2 is 1.79 bits per heavy atom. The Morgan fingerprint density at radius 1 is 1.03 bits per heavy atom. The molecular weight excluding hydrogens is 452 g/mol. The van der Waals surface area contributed by atoms with Crippen molar-refractivity contribution in [3.05, 3.63) is 54.0 Å². The van der Waals surface area contributed by atoms with E-state index in [0.29, 0.717) is 23.8 Å². The molecule has 0 radical (unpaired) electrons. The van der Waals surface area contributed by atoms with Crippen LogP contribution in [0.1, 0.15) is 17.8 Å². The molecule has 176 valence electrons. The topological polar surface area (TPSA) is 136 Å². The molecule has 1 aromatic carbocycles. The number of anilines is 3. The third-order valence-corrected chi connectivity index (χ3v) is 7.08. The van der Waals surface area contributed by atoms with Crippen LogP contribution in [-0.2, 0) is 0 Å². The summed E-state index contributed by atoms with van der Waals surface area (Å²) in [4.78, 5) is 18.4. The monoisotopic (exact) mass is 478 g/mol. The molecule has 3 heterocycles. The number of para-hydroxylation sites is 1. The number of fused-ring (bicyclic) bond motifs is 1. The second-order valence-electron chi connectivity index (χ2n) is 8.62. The van der Waals surface area contributed by atoms with E-state index in [2.05, 4.69) is 20.6 Å². The molecule has 4 aromatic rings. The van der Waals surface area contributed by atoms with E-state index >= 15 is 0 Å². The third kappa shape index (κ3) is 4.45. The van der Waals surface area contributed by atoms with Crippen molar-refractivity contribution >= 4 is 39.0 Å². The SMILES string of the molecule is Cc1cc(Nc2ncc(-c3nc4ccccc4s3)c(NC3C[C@H](CO)[C@@H](O)[C@H]3O)n2)cc(C)n1. The molecule has 34 heavy (non-hydrogen) atoms. The molecule has 1 saturated carbocycles. The van der Waals surface area contributed by atoms with Crippen molar-refractivity contribution in [1.29, 1.82) is 0 Å². The molecular formula is C24H26N6O3S. The number of nitrogens with one attached hydrogen (secondary N) is 2. The zero-order chi connectivity index (χ0) is 23.8. The molecule has 0 saturated heterocycles. The van der Waals surface area contributed by atoms with Gasteiger partial charge in [0, 0.05) is 35.8 Å². The number of benzene rings is 1. The van der Waals surface area contributed by atoms with Gasteiger partial charge in [-0.1, -0.05) is 12.1 Å². The van der Waals surface area contributed by atoms with Crippen LogP contribution in [0.15, 0.2) is 42.6 Å². The van der Waals surface area contributed by atoms with Crippen LogP contribution in [0.2, 0.25) is 0 Å². The van der Waals surface area contributed by atoms with Crippen molar-refractivity contribution < 1.29 is 15.3 Å². The molecule has 4 atom stereocenters. The Hall–Kier alpha value is -3.18. The van der Waals surface area contributed by atoms with Gasteiger partial charge in [-0.2, -0.15) is 4.98 Å². The maximum atomic E-state index is 10.6. The van der Waals surface area contributed by atoms with Gasteiger partial charge in [-0.15, -0.1) is 11.3 Å². The van der Waals surface area contributed by atoms with E-state index in [9.17, 15) is 15.3 Å². The summed E-state index contributed by atoms with van der Waals surface area (Å²) in [5, 5.41) is 37.7. The highest BCUT2D eigenvalue weighted by atomic mass is 32.1. The second-order valence-corrected chi connectivity index (χ2v) is 9.65. The van der Waals surface area contributed by atoms with E-state index < -0.39 is 24.2 Å². The van der Waals surface area contributed by atoms with Crippen molar-refractivity contribution in [2.24, 2.45) is 5.92 Å². The Morgan fingerprint density at radius 3 is 2.50 bits per heavy atom. The molecule has 5 rings (SSSR count). The smallest absolute Gasteiger partial charge is 0.229 e. The molecule has 0 amide bonds. The molecule has 5 N–H and O–H groups in total. The van der Waals surface area contributed by atoms with Crippen molar-refractivity contribution in [2.75, 3.05) is 17.2 Å². The predicted octanol–water partition coefficient (Wildman–Crippen LogP) is 3.02. The third-order valence-electron chi connectivity index (χ3n) is 6.01. The van der Waals surface area contributed by atoms with Crippen LogP contribution in [0.4, 0.5) is 17.5 Å². The van der Waals surface area contributed by atoms with Gasteiger partial charge in [0.05, 0.1) is 27.9 Å². The number of aryl methyl sites for hydroxylation is 2. The summed E-state index contributed by atoms with van der Waals surface area (Å²) in [6.45, 7) is 3.65. The Bertz CT molecular complexity index is 1280. The standard InChI is InChI=1S/C24H26N6O3S/c1-12-7-15(8-13(2)26-12)27-24-25-10-16(23-29-17-5-3-4-6-19(17)34-23)22(30-24)28-18-9-14(11-31)20(32)21(18)33/h3-8,10,14,18,20-21,31-33H,9,11H2,1-2H3,(H2,25,26,27,28,30)/t14-,18?,20-,21+/m1/s1. The fourth-order valence-electron chi connectivity index (χ4n) is 4.36. The fourth-order valence-corrected chi connectivity index (χ4v) is 5.33. The molecule has 0 bridgehead atoms. The first-order valence-electron chi connectivity index (χ1n) is 11.1. The van der Waals surface area contributed by atoms with E-state index in [-0.39, 0.29) is 6.61 Å². The molecule has 3 aromatic heterocycles. The van der Waals surface area contributed by atoms with Crippen LogP contribution in [0.25, 0.3) is 20.8 Å². The first kappa shape index (κ1) is 22.6. The maximum Gasteiger partial charge on any atom is 0.229 e. The van der Waals surface area contributed by atoms with Crippen molar-refractivity contribution in [1.82, 2.24) is 19.9 Å². The molecule has 1 aliphatic carbocycles. The van der Waals surface area contributed by atoms with Crippen LogP contribution >= 0.6 is 11.3 Å². The summed E-state index contributed by atoms with van der Waals surface area (Å²) >= 11 is 1.53. The van der Waals surface area contributed by atoms with E-state index in [4.69, 9.17) is 9.97 Å². The molecule has 0 spiro atoms. The lowest BCUT2D eigenvalue weighted by molar-refractivity contribution is 0.00446. The number of aromatic nitrogens is 4. The lowest BCUT2D eigenvalue weighted by Crippen LogP contribution is -2.35. The van der Waals surface area contributed by atoms with Gasteiger partial charge in [-0.25, -0.2) is 9.97 Å². The largest absolute Gasteiger partial charge is 0.396 e. The Labute approximate surface area is 200 Å². The first-order valence-corrected chi connectivity index (χ1v) is 11.9. The normalized spacial score (nSPS) is 22.3. The van der Waals surface area contributed by atoms with Crippen LogP contribution in [0, 0.1) is 19.8 Å². The zero-order valence-electron chi connectivity index (χ0n) is 18.8. The van der Waals surface area contributed by atoms with E-state index in [1.54, 1.807) is 6.20 Å². The quantitative estimate of drug-likeness (QED) is 0.283. The van der Waals surface area contributed by atoms with Gasteiger partial charge in [0.2, 0.25) is 5.95 Å². The molecule has 9 nitrogen and oxygen atoms in total. The minimum absolute atomic E-state index is 0.196. The van der Waals surface area contributed by atoms with Crippen LogP contribution < -0.4 is 10.6 Å². The van der Waals surface area contributed by atoms with Gasteiger partial charge < -0.3 is 26.0 Å². The summed E-state index contributed by atoms with van der Waals surface area (Å²) < 4.78 is 1.05. The van der Waals surface area contributed by atoms with E-state index in [0.717, 1.165) is 32.3 Å². The highest BCUT2D eigenvalue weighted by Crippen LogP contribution is 2.36. The Balaban J connectivity index is 1.52. The minimum Gasteiger partial charge on any atom is -0.396 e. The summed E-state index contributed by atoms with van der Waals surface area (Å²) in [5.74, 6) is 0.471. The first-order chi connectivity index (χ1) is 16.4. The number of hydrogen-bond donors (Lipinski definition) is 5. The van der Waals surface area contributed by atoms with Crippen molar-refractivity contribution in [3.8, 4) is 10.6 Å². The number of hydrogen-bond acceptors (Lipinski definition) is 10. The summed E-state index contributed by atoms with van der Waals surface area (Å²) in [7, 11) is 0. The second kappa shape index (κ2) is 9.22. The molecule has 1 unspecified atom stereocenters. The maximum absolute atomic E-state index is 10.6. The lowest BCUT2D eigenvalue weighted by Gasteiger charge is -2.20. The van der Waals surface area contributed by atoms with Crippen LogP contribution in [-0.4, -0.2) is 60.1 Å². The number of aliphatic hydroxyl groups excluding tert-OH is 3. The minimum atomic E-state index is -1.03. The van der Waals surface area contributed by atoms with E-state index in [1.807, 2.05) is 50.2 Å². The van der Waals surface area contributed by atoms with Crippen molar-refractivity contribution in [3.63, 3.8) is 0 Å². The van der Waals surface area contributed by atoms with Crippen LogP contribution in [0.3, 0.4) is 0 Å². The fraction of sp³-hybridized carbons (Fsp3) is 0.333. The van der Waals surface area contributed by atoms with Gasteiger partial charge in [0.15, 0.2) is 0 Å². The van der Waals surface area contributed by atoms with Crippen molar-refractivity contribution in [2.45, 2.75) is 38.5 Å². The summed E-state index contributed by atoms with van der Waals surface area (Å²) in [6.07, 6.45) is 0.0819. The number of pyridine rings is 1. The van der Waals surface area contributed by atoms with Crippen LogP contribution in [0.5, 0.6) is 0 Å². The van der Waals surface area contributed by atoms with Gasteiger partial charge >= 0.3 is 0 Å². The van der Waals surface area contributed by atoms with E-state index in [1.165, 1.54) is 11.3 Å². The number of nitrogens with zero attached hydrogens (tertiary/aromatic N) is 4. The molecule has 1 fully saturated rings.